The van der Waals surface area contributed by atoms with Gasteiger partial charge in [-0.3, -0.25) is 9.59 Å². The zero-order chi connectivity index (χ0) is 23.0. The van der Waals surface area contributed by atoms with Gasteiger partial charge < -0.3 is 14.5 Å². The van der Waals surface area contributed by atoms with Crippen molar-refractivity contribution in [3.8, 4) is 11.5 Å². The first-order valence-corrected chi connectivity index (χ1v) is 10.0. The standard InChI is InChI=1S/C23H20F4N2O3/c1-2-21(30)29-12-16(13-29)22(31)28-8-7-14-3-4-17(9-15(14)11-28)32-18-5-6-19(20(24)10-18)23(25,26)27/h2-6,9-10,16H,1,7-8,11-13H2. The Balaban J connectivity index is 1.43. The molecule has 2 aromatic carbocycles. The van der Waals surface area contributed by atoms with E-state index in [1.165, 1.54) is 6.08 Å². The summed E-state index contributed by atoms with van der Waals surface area (Å²) in [7, 11) is 0. The van der Waals surface area contributed by atoms with Gasteiger partial charge in [0.1, 0.15) is 17.3 Å². The smallest absolute Gasteiger partial charge is 0.419 e. The van der Waals surface area contributed by atoms with Crippen molar-refractivity contribution in [1.29, 1.82) is 0 Å². The number of ether oxygens (including phenoxy) is 1. The van der Waals surface area contributed by atoms with Gasteiger partial charge in [-0.05, 0) is 47.9 Å². The topological polar surface area (TPSA) is 49.9 Å². The predicted octanol–water partition coefficient (Wildman–Crippen LogP) is 4.17. The van der Waals surface area contributed by atoms with Gasteiger partial charge in [-0.2, -0.15) is 13.2 Å². The predicted molar refractivity (Wildman–Crippen MR) is 107 cm³/mol. The third kappa shape index (κ3) is 4.32. The van der Waals surface area contributed by atoms with E-state index in [0.717, 1.165) is 17.2 Å². The maximum Gasteiger partial charge on any atom is 0.419 e. The van der Waals surface area contributed by atoms with Crippen LogP contribution >= 0.6 is 0 Å². The first-order valence-electron chi connectivity index (χ1n) is 10.0. The number of amides is 2. The number of fused-ring (bicyclic) bond motifs is 1. The van der Waals surface area contributed by atoms with Crippen molar-refractivity contribution in [2.24, 2.45) is 5.92 Å². The second-order valence-corrected chi connectivity index (χ2v) is 7.83. The van der Waals surface area contributed by atoms with Gasteiger partial charge in [0.15, 0.2) is 0 Å². The minimum Gasteiger partial charge on any atom is -0.457 e. The molecule has 0 aromatic heterocycles. The van der Waals surface area contributed by atoms with Gasteiger partial charge in [-0.15, -0.1) is 0 Å². The Kier molecular flexibility index (Phi) is 5.66. The number of hydrogen-bond acceptors (Lipinski definition) is 3. The third-order valence-electron chi connectivity index (χ3n) is 5.70. The molecule has 5 nitrogen and oxygen atoms in total. The molecule has 9 heteroatoms. The van der Waals surface area contributed by atoms with Gasteiger partial charge in [0.05, 0.1) is 11.5 Å². The van der Waals surface area contributed by atoms with E-state index in [2.05, 4.69) is 6.58 Å². The van der Waals surface area contributed by atoms with Crippen LogP contribution in [0.15, 0.2) is 49.1 Å². The summed E-state index contributed by atoms with van der Waals surface area (Å²) in [6.07, 6.45) is -2.90. The summed E-state index contributed by atoms with van der Waals surface area (Å²) < 4.78 is 57.5. The van der Waals surface area contributed by atoms with E-state index in [-0.39, 0.29) is 23.5 Å². The molecule has 32 heavy (non-hydrogen) atoms. The maximum atomic E-state index is 13.8. The van der Waals surface area contributed by atoms with Crippen LogP contribution in [0, 0.1) is 11.7 Å². The summed E-state index contributed by atoms with van der Waals surface area (Å²) in [5.74, 6) is -1.59. The molecule has 0 aliphatic carbocycles. The largest absolute Gasteiger partial charge is 0.457 e. The summed E-state index contributed by atoms with van der Waals surface area (Å²) in [5.41, 5.74) is 0.540. The number of likely N-dealkylation sites (tertiary alicyclic amines) is 1. The highest BCUT2D eigenvalue weighted by Gasteiger charge is 2.38. The van der Waals surface area contributed by atoms with Crippen molar-refractivity contribution in [2.75, 3.05) is 19.6 Å². The first-order chi connectivity index (χ1) is 15.2. The monoisotopic (exact) mass is 448 g/mol. The molecule has 0 saturated carbocycles. The lowest BCUT2D eigenvalue weighted by molar-refractivity contribution is -0.147. The lowest BCUT2D eigenvalue weighted by Gasteiger charge is -2.41. The van der Waals surface area contributed by atoms with Crippen LogP contribution < -0.4 is 4.74 Å². The molecule has 1 fully saturated rings. The van der Waals surface area contributed by atoms with Gasteiger partial charge in [-0.25, -0.2) is 4.39 Å². The molecule has 2 aliphatic heterocycles. The van der Waals surface area contributed by atoms with E-state index in [1.807, 2.05) is 6.07 Å². The van der Waals surface area contributed by atoms with Crippen LogP contribution in [-0.4, -0.2) is 41.2 Å². The first kappa shape index (κ1) is 21.9. The summed E-state index contributed by atoms with van der Waals surface area (Å²) >= 11 is 0. The highest BCUT2D eigenvalue weighted by atomic mass is 19.4. The molecule has 0 unspecified atom stereocenters. The summed E-state index contributed by atoms with van der Waals surface area (Å²) in [5, 5.41) is 0. The van der Waals surface area contributed by atoms with Crippen molar-refractivity contribution in [3.05, 3.63) is 71.6 Å². The van der Waals surface area contributed by atoms with Crippen LogP contribution in [0.5, 0.6) is 11.5 Å². The minimum absolute atomic E-state index is 0.0279. The van der Waals surface area contributed by atoms with Crippen molar-refractivity contribution < 1.29 is 31.9 Å². The lowest BCUT2D eigenvalue weighted by Crippen LogP contribution is -2.56. The number of benzene rings is 2. The summed E-state index contributed by atoms with van der Waals surface area (Å²) in [6, 6.07) is 7.61. The van der Waals surface area contributed by atoms with E-state index >= 15 is 0 Å². The molecule has 2 aromatic rings. The molecule has 1 saturated heterocycles. The average molecular weight is 448 g/mol. The van der Waals surface area contributed by atoms with E-state index in [4.69, 9.17) is 4.74 Å². The fourth-order valence-electron chi connectivity index (χ4n) is 3.91. The number of rotatable bonds is 4. The fourth-order valence-corrected chi connectivity index (χ4v) is 3.91. The maximum absolute atomic E-state index is 13.8. The minimum atomic E-state index is -4.78. The second kappa shape index (κ2) is 8.29. The van der Waals surface area contributed by atoms with Crippen molar-refractivity contribution in [1.82, 2.24) is 9.80 Å². The van der Waals surface area contributed by atoms with Crippen molar-refractivity contribution >= 4 is 11.8 Å². The SMILES string of the molecule is C=CC(=O)N1CC(C(=O)N2CCc3ccc(Oc4ccc(C(F)(F)F)c(F)c4)cc3C2)C1. The zero-order valence-electron chi connectivity index (χ0n) is 17.0. The summed E-state index contributed by atoms with van der Waals surface area (Å²) in [6.45, 7) is 5.10. The van der Waals surface area contributed by atoms with Crippen LogP contribution in [0.4, 0.5) is 17.6 Å². The fraction of sp³-hybridized carbons (Fsp3) is 0.304. The van der Waals surface area contributed by atoms with E-state index < -0.39 is 17.6 Å². The van der Waals surface area contributed by atoms with Crippen LogP contribution in [0.1, 0.15) is 16.7 Å². The Morgan fingerprint density at radius 1 is 1.03 bits per heavy atom. The number of carbonyl (C=O) groups is 2. The Labute approximate surface area is 181 Å². The molecule has 168 valence electrons. The molecule has 0 spiro atoms. The molecule has 2 heterocycles. The van der Waals surface area contributed by atoms with E-state index in [1.54, 1.807) is 21.9 Å². The highest BCUT2D eigenvalue weighted by Crippen LogP contribution is 2.34. The third-order valence-corrected chi connectivity index (χ3v) is 5.70. The average Bonchev–Trinajstić information content (AvgIpc) is 2.71. The molecular formula is C23H20F4N2O3. The second-order valence-electron chi connectivity index (χ2n) is 7.83. The molecule has 2 amide bonds. The number of carbonyl (C=O) groups excluding carboxylic acids is 2. The molecule has 4 rings (SSSR count). The van der Waals surface area contributed by atoms with Gasteiger partial charge >= 0.3 is 6.18 Å². The van der Waals surface area contributed by atoms with Crippen LogP contribution in [0.25, 0.3) is 0 Å². The van der Waals surface area contributed by atoms with E-state index in [9.17, 15) is 27.2 Å². The van der Waals surface area contributed by atoms with Crippen LogP contribution in [0.2, 0.25) is 0 Å². The van der Waals surface area contributed by atoms with Crippen molar-refractivity contribution in [3.63, 3.8) is 0 Å². The molecule has 0 N–H and O–H groups in total. The Morgan fingerprint density at radius 3 is 2.38 bits per heavy atom. The number of hydrogen-bond donors (Lipinski definition) is 0. The zero-order valence-corrected chi connectivity index (χ0v) is 17.0. The summed E-state index contributed by atoms with van der Waals surface area (Å²) in [4.78, 5) is 27.6. The van der Waals surface area contributed by atoms with Gasteiger partial charge in [0.2, 0.25) is 11.8 Å². The molecule has 0 bridgehead atoms. The molecule has 2 aliphatic rings. The van der Waals surface area contributed by atoms with Crippen molar-refractivity contribution in [2.45, 2.75) is 19.1 Å². The lowest BCUT2D eigenvalue weighted by atomic mass is 9.94. The number of alkyl halides is 3. The quantitative estimate of drug-likeness (QED) is 0.521. The van der Waals surface area contributed by atoms with Gasteiger partial charge in [0, 0.05) is 32.2 Å². The molecular weight excluding hydrogens is 428 g/mol. The van der Waals surface area contributed by atoms with Crippen LogP contribution in [-0.2, 0) is 28.7 Å². The number of halogens is 4. The highest BCUT2D eigenvalue weighted by molar-refractivity contribution is 5.90. The van der Waals surface area contributed by atoms with E-state index in [0.29, 0.717) is 50.5 Å². The van der Waals surface area contributed by atoms with Gasteiger partial charge in [-0.1, -0.05) is 12.6 Å². The number of nitrogens with zero attached hydrogens (tertiary/aromatic N) is 2. The Morgan fingerprint density at radius 2 is 1.72 bits per heavy atom. The Bertz CT molecular complexity index is 1080. The molecule has 0 radical (unpaired) electrons. The normalized spacial score (nSPS) is 16.2. The van der Waals surface area contributed by atoms with Crippen LogP contribution in [0.3, 0.4) is 0 Å². The Hall–Kier alpha value is -3.36. The van der Waals surface area contributed by atoms with Gasteiger partial charge in [0.25, 0.3) is 0 Å². The molecule has 0 atom stereocenters.